The van der Waals surface area contributed by atoms with Crippen LogP contribution in [0.4, 0.5) is 5.69 Å². The first-order chi connectivity index (χ1) is 10.1. The zero-order valence-corrected chi connectivity index (χ0v) is 13.8. The summed E-state index contributed by atoms with van der Waals surface area (Å²) in [7, 11) is 0. The highest BCUT2D eigenvalue weighted by molar-refractivity contribution is 9.10. The molecule has 1 N–H and O–H groups in total. The lowest BCUT2D eigenvalue weighted by Gasteiger charge is -2.16. The maximum atomic E-state index is 8.48. The van der Waals surface area contributed by atoms with Crippen LogP contribution >= 0.6 is 27.5 Å². The van der Waals surface area contributed by atoms with Gasteiger partial charge in [0.1, 0.15) is 11.8 Å². The van der Waals surface area contributed by atoms with Gasteiger partial charge in [0.25, 0.3) is 0 Å². The van der Waals surface area contributed by atoms with Crippen molar-refractivity contribution in [3.05, 3.63) is 57.5 Å². The van der Waals surface area contributed by atoms with Crippen molar-refractivity contribution in [2.45, 2.75) is 13.0 Å². The van der Waals surface area contributed by atoms with Crippen molar-refractivity contribution in [2.24, 2.45) is 0 Å². The maximum absolute atomic E-state index is 8.48. The number of nitrogens with zero attached hydrogens (tertiary/aromatic N) is 1. The Morgan fingerprint density at radius 2 is 2.00 bits per heavy atom. The molecule has 0 aliphatic rings. The van der Waals surface area contributed by atoms with E-state index in [1.165, 1.54) is 0 Å². The van der Waals surface area contributed by atoms with Gasteiger partial charge in [-0.05, 0) is 58.7 Å². The molecule has 0 spiro atoms. The Balaban J connectivity index is 2.04. The molecule has 0 saturated heterocycles. The summed E-state index contributed by atoms with van der Waals surface area (Å²) in [5.74, 6) is 0.696. The third-order valence-corrected chi connectivity index (χ3v) is 4.20. The predicted molar refractivity (Wildman–Crippen MR) is 88.7 cm³/mol. The lowest BCUT2D eigenvalue weighted by molar-refractivity contribution is 0.368. The standard InChI is InChI=1S/C16H14BrClN2O/c1-11(20-13-4-7-16(18)15(17)10-13)12-2-5-14(6-3-12)21-9-8-19/h2-7,10-11,20H,9H2,1H3. The molecular formula is C16H14BrClN2O. The zero-order valence-electron chi connectivity index (χ0n) is 11.4. The predicted octanol–water partition coefficient (Wildman–Crippen LogP) is 5.18. The number of halogens is 2. The van der Waals surface area contributed by atoms with Crippen LogP contribution in [0.15, 0.2) is 46.9 Å². The van der Waals surface area contributed by atoms with Gasteiger partial charge in [0.2, 0.25) is 0 Å². The average molecular weight is 366 g/mol. The molecule has 2 rings (SSSR count). The van der Waals surface area contributed by atoms with Crippen molar-refractivity contribution in [3.8, 4) is 11.8 Å². The SMILES string of the molecule is CC(Nc1ccc(Cl)c(Br)c1)c1ccc(OCC#N)cc1. The number of benzene rings is 2. The molecule has 0 bridgehead atoms. The number of rotatable bonds is 5. The zero-order chi connectivity index (χ0) is 15.2. The Morgan fingerprint density at radius 1 is 1.29 bits per heavy atom. The largest absolute Gasteiger partial charge is 0.479 e. The van der Waals surface area contributed by atoms with E-state index >= 15 is 0 Å². The summed E-state index contributed by atoms with van der Waals surface area (Å²) in [6.07, 6.45) is 0. The van der Waals surface area contributed by atoms with Gasteiger partial charge in [-0.25, -0.2) is 0 Å². The molecule has 0 fully saturated rings. The molecule has 1 unspecified atom stereocenters. The fraction of sp³-hybridized carbons (Fsp3) is 0.188. The summed E-state index contributed by atoms with van der Waals surface area (Å²) in [5.41, 5.74) is 2.12. The number of hydrogen-bond acceptors (Lipinski definition) is 3. The number of anilines is 1. The third-order valence-electron chi connectivity index (χ3n) is 2.99. The summed E-state index contributed by atoms with van der Waals surface area (Å²) < 4.78 is 6.10. The van der Waals surface area contributed by atoms with Crippen LogP contribution < -0.4 is 10.1 Å². The summed E-state index contributed by atoms with van der Waals surface area (Å²) in [5, 5.41) is 12.6. The lowest BCUT2D eigenvalue weighted by atomic mass is 10.1. The molecule has 108 valence electrons. The molecule has 0 aliphatic carbocycles. The van der Waals surface area contributed by atoms with E-state index in [2.05, 4.69) is 28.2 Å². The van der Waals surface area contributed by atoms with Crippen LogP contribution in [0.25, 0.3) is 0 Å². The summed E-state index contributed by atoms with van der Waals surface area (Å²) in [6.45, 7) is 2.14. The minimum Gasteiger partial charge on any atom is -0.479 e. The second kappa shape index (κ2) is 7.35. The Bertz CT molecular complexity index is 652. The maximum Gasteiger partial charge on any atom is 0.174 e. The van der Waals surface area contributed by atoms with Crippen LogP contribution in [-0.2, 0) is 0 Å². The number of nitriles is 1. The van der Waals surface area contributed by atoms with Crippen molar-refractivity contribution in [3.63, 3.8) is 0 Å². The van der Waals surface area contributed by atoms with E-state index in [0.717, 1.165) is 15.7 Å². The van der Waals surface area contributed by atoms with Crippen LogP contribution in [0.3, 0.4) is 0 Å². The molecule has 3 nitrogen and oxygen atoms in total. The molecule has 0 amide bonds. The lowest BCUT2D eigenvalue weighted by Crippen LogP contribution is -2.06. The monoisotopic (exact) mass is 364 g/mol. The molecule has 0 aromatic heterocycles. The summed E-state index contributed by atoms with van der Waals surface area (Å²) in [6, 6.07) is 15.5. The van der Waals surface area contributed by atoms with Crippen molar-refractivity contribution in [2.75, 3.05) is 11.9 Å². The van der Waals surface area contributed by atoms with Gasteiger partial charge in [-0.15, -0.1) is 0 Å². The highest BCUT2D eigenvalue weighted by Gasteiger charge is 2.07. The summed E-state index contributed by atoms with van der Waals surface area (Å²) in [4.78, 5) is 0. The van der Waals surface area contributed by atoms with Gasteiger partial charge in [0, 0.05) is 16.2 Å². The molecule has 0 saturated carbocycles. The molecule has 2 aromatic carbocycles. The molecular weight excluding hydrogens is 352 g/mol. The normalized spacial score (nSPS) is 11.5. The van der Waals surface area contributed by atoms with E-state index in [4.69, 9.17) is 21.6 Å². The van der Waals surface area contributed by atoms with Gasteiger partial charge in [0.15, 0.2) is 6.61 Å². The van der Waals surface area contributed by atoms with E-state index in [1.807, 2.05) is 48.5 Å². The minimum absolute atomic E-state index is 0.0615. The fourth-order valence-corrected chi connectivity index (χ4v) is 2.38. The van der Waals surface area contributed by atoms with E-state index in [-0.39, 0.29) is 12.6 Å². The third kappa shape index (κ3) is 4.38. The van der Waals surface area contributed by atoms with Crippen LogP contribution in [0.1, 0.15) is 18.5 Å². The fourth-order valence-electron chi connectivity index (χ4n) is 1.89. The number of hydrogen-bond donors (Lipinski definition) is 1. The van der Waals surface area contributed by atoms with Gasteiger partial charge in [-0.1, -0.05) is 23.7 Å². The van der Waals surface area contributed by atoms with Gasteiger partial charge >= 0.3 is 0 Å². The quantitative estimate of drug-likeness (QED) is 0.794. The van der Waals surface area contributed by atoms with E-state index in [9.17, 15) is 0 Å². The van der Waals surface area contributed by atoms with Gasteiger partial charge in [-0.2, -0.15) is 5.26 Å². The Morgan fingerprint density at radius 3 is 2.62 bits per heavy atom. The first kappa shape index (κ1) is 15.7. The molecule has 2 aromatic rings. The first-order valence-corrected chi connectivity index (χ1v) is 7.58. The van der Waals surface area contributed by atoms with Crippen LogP contribution in [0.5, 0.6) is 5.75 Å². The topological polar surface area (TPSA) is 45.0 Å². The minimum atomic E-state index is 0.0615. The molecule has 5 heteroatoms. The van der Waals surface area contributed by atoms with E-state index in [1.54, 1.807) is 0 Å². The smallest absolute Gasteiger partial charge is 0.174 e. The van der Waals surface area contributed by atoms with Crippen molar-refractivity contribution in [1.82, 2.24) is 0 Å². The molecule has 1 atom stereocenters. The number of ether oxygens (including phenoxy) is 1. The Hall–Kier alpha value is -1.70. The van der Waals surface area contributed by atoms with Crippen molar-refractivity contribution in [1.29, 1.82) is 5.26 Å². The van der Waals surface area contributed by atoms with Crippen LogP contribution in [-0.4, -0.2) is 6.61 Å². The van der Waals surface area contributed by atoms with Gasteiger partial charge < -0.3 is 10.1 Å². The second-order valence-corrected chi connectivity index (χ2v) is 5.77. The first-order valence-electron chi connectivity index (χ1n) is 6.41. The van der Waals surface area contributed by atoms with Crippen molar-refractivity contribution >= 4 is 33.2 Å². The number of nitrogens with one attached hydrogen (secondary N) is 1. The molecule has 0 heterocycles. The molecule has 0 radical (unpaired) electrons. The summed E-state index contributed by atoms with van der Waals surface area (Å²) >= 11 is 9.39. The second-order valence-electron chi connectivity index (χ2n) is 4.51. The highest BCUT2D eigenvalue weighted by atomic mass is 79.9. The molecule has 0 aliphatic heterocycles. The van der Waals surface area contributed by atoms with Gasteiger partial charge in [-0.3, -0.25) is 0 Å². The van der Waals surface area contributed by atoms with Crippen LogP contribution in [0, 0.1) is 11.3 Å². The van der Waals surface area contributed by atoms with Crippen molar-refractivity contribution < 1.29 is 4.74 Å². The van der Waals surface area contributed by atoms with Crippen LogP contribution in [0.2, 0.25) is 5.02 Å². The van der Waals surface area contributed by atoms with Gasteiger partial charge in [0.05, 0.1) is 5.02 Å². The highest BCUT2D eigenvalue weighted by Crippen LogP contribution is 2.28. The Kier molecular flexibility index (Phi) is 5.49. The molecule has 21 heavy (non-hydrogen) atoms. The van der Waals surface area contributed by atoms with E-state index in [0.29, 0.717) is 10.8 Å². The average Bonchev–Trinajstić information content (AvgIpc) is 2.49. The van der Waals surface area contributed by atoms with E-state index < -0.39 is 0 Å². The Labute approximate surface area is 137 Å².